The molecule has 1 atom stereocenters. The van der Waals surface area contributed by atoms with Crippen LogP contribution >= 0.6 is 0 Å². The quantitative estimate of drug-likeness (QED) is 0.843. The second-order valence-electron chi connectivity index (χ2n) is 5.91. The van der Waals surface area contributed by atoms with Crippen LogP contribution in [0.4, 0.5) is 4.79 Å². The highest BCUT2D eigenvalue weighted by Crippen LogP contribution is 2.21. The Morgan fingerprint density at radius 1 is 1.39 bits per heavy atom. The minimum Gasteiger partial charge on any atom is -0.493 e. The molecular formula is C17H24N2O4. The Morgan fingerprint density at radius 3 is 2.91 bits per heavy atom. The number of benzene rings is 1. The molecule has 0 aromatic heterocycles. The van der Waals surface area contributed by atoms with Crippen LogP contribution in [0.25, 0.3) is 0 Å². The number of urea groups is 1. The number of carboxylic acid groups (broad SMARTS) is 1. The first kappa shape index (κ1) is 17.1. The summed E-state index contributed by atoms with van der Waals surface area (Å²) in [4.78, 5) is 24.3. The van der Waals surface area contributed by atoms with Crippen LogP contribution < -0.4 is 10.1 Å². The van der Waals surface area contributed by atoms with Gasteiger partial charge in [0.1, 0.15) is 5.75 Å². The molecule has 2 amide bonds. The highest BCUT2D eigenvalue weighted by atomic mass is 16.5. The number of para-hydroxylation sites is 1. The van der Waals surface area contributed by atoms with Gasteiger partial charge in [-0.2, -0.15) is 0 Å². The van der Waals surface area contributed by atoms with Gasteiger partial charge in [0.05, 0.1) is 13.0 Å². The number of carbonyl (C=O) groups is 2. The lowest BCUT2D eigenvalue weighted by molar-refractivity contribution is -0.136. The summed E-state index contributed by atoms with van der Waals surface area (Å²) in [5.41, 5.74) is 1.10. The Bertz CT molecular complexity index is 547. The van der Waals surface area contributed by atoms with Crippen molar-refractivity contribution in [3.8, 4) is 5.75 Å². The van der Waals surface area contributed by atoms with Gasteiger partial charge in [0.15, 0.2) is 0 Å². The molecule has 2 N–H and O–H groups in total. The third-order valence-corrected chi connectivity index (χ3v) is 3.99. The van der Waals surface area contributed by atoms with Gasteiger partial charge in [0.2, 0.25) is 0 Å². The Labute approximate surface area is 136 Å². The Morgan fingerprint density at radius 2 is 2.17 bits per heavy atom. The van der Waals surface area contributed by atoms with E-state index < -0.39 is 5.97 Å². The summed E-state index contributed by atoms with van der Waals surface area (Å²) in [6.07, 6.45) is 1.92. The van der Waals surface area contributed by atoms with Crippen LogP contribution in [0.1, 0.15) is 24.8 Å². The number of carboxylic acids is 1. The molecule has 2 rings (SSSR count). The second kappa shape index (κ2) is 8.41. The first-order valence-corrected chi connectivity index (χ1v) is 7.99. The summed E-state index contributed by atoms with van der Waals surface area (Å²) in [6, 6.07) is 7.71. The molecule has 1 aliphatic rings. The number of piperidine rings is 1. The van der Waals surface area contributed by atoms with Crippen LogP contribution in [0.3, 0.4) is 0 Å². The lowest BCUT2D eigenvalue weighted by Gasteiger charge is -2.32. The van der Waals surface area contributed by atoms with E-state index in [1.54, 1.807) is 4.90 Å². The summed E-state index contributed by atoms with van der Waals surface area (Å²) >= 11 is 0. The van der Waals surface area contributed by atoms with Crippen LogP contribution in [-0.2, 0) is 4.79 Å². The van der Waals surface area contributed by atoms with E-state index in [1.165, 1.54) is 0 Å². The molecular weight excluding hydrogens is 296 g/mol. The van der Waals surface area contributed by atoms with Crippen LogP contribution in [0.2, 0.25) is 0 Å². The van der Waals surface area contributed by atoms with Gasteiger partial charge < -0.3 is 20.1 Å². The lowest BCUT2D eigenvalue weighted by atomic mass is 9.99. The van der Waals surface area contributed by atoms with Crippen LogP contribution in [0, 0.1) is 12.8 Å². The maximum Gasteiger partial charge on any atom is 0.317 e. The number of nitrogens with zero attached hydrogens (tertiary/aromatic N) is 1. The molecule has 0 spiro atoms. The maximum atomic E-state index is 12.0. The van der Waals surface area contributed by atoms with Crippen molar-refractivity contribution in [3.63, 3.8) is 0 Å². The van der Waals surface area contributed by atoms with Crippen molar-refractivity contribution in [1.29, 1.82) is 0 Å². The minimum atomic E-state index is -0.909. The van der Waals surface area contributed by atoms with Crippen molar-refractivity contribution in [3.05, 3.63) is 29.8 Å². The van der Waals surface area contributed by atoms with Gasteiger partial charge >= 0.3 is 12.0 Å². The summed E-state index contributed by atoms with van der Waals surface area (Å²) < 4.78 is 5.88. The fraction of sp³-hybridized carbons (Fsp3) is 0.529. The number of hydrogen-bond donors (Lipinski definition) is 2. The van der Waals surface area contributed by atoms with Gasteiger partial charge in [0, 0.05) is 25.6 Å². The van der Waals surface area contributed by atoms with E-state index >= 15 is 0 Å². The van der Waals surface area contributed by atoms with Crippen molar-refractivity contribution in [2.75, 3.05) is 26.2 Å². The van der Waals surface area contributed by atoms with Gasteiger partial charge in [-0.25, -0.2) is 4.79 Å². The molecule has 23 heavy (non-hydrogen) atoms. The number of nitrogens with one attached hydrogen (secondary N) is 1. The maximum absolute atomic E-state index is 12.0. The van der Waals surface area contributed by atoms with Crippen LogP contribution in [0.15, 0.2) is 24.3 Å². The van der Waals surface area contributed by atoms with E-state index in [1.807, 2.05) is 31.2 Å². The minimum absolute atomic E-state index is 0.0561. The molecule has 0 unspecified atom stereocenters. The smallest absolute Gasteiger partial charge is 0.317 e. The lowest BCUT2D eigenvalue weighted by Crippen LogP contribution is -2.46. The van der Waals surface area contributed by atoms with Crippen molar-refractivity contribution < 1.29 is 19.4 Å². The molecule has 1 aromatic carbocycles. The van der Waals surface area contributed by atoms with Crippen molar-refractivity contribution in [2.24, 2.45) is 5.92 Å². The number of likely N-dealkylation sites (tertiary alicyclic amines) is 1. The number of aliphatic carboxylic acids is 1. The van der Waals surface area contributed by atoms with E-state index in [9.17, 15) is 9.59 Å². The van der Waals surface area contributed by atoms with Gasteiger partial charge in [-0.15, -0.1) is 0 Å². The number of aryl methyl sites for hydroxylation is 1. The number of amides is 2. The highest BCUT2D eigenvalue weighted by Gasteiger charge is 2.24. The topological polar surface area (TPSA) is 78.9 Å². The molecule has 0 aliphatic carbocycles. The molecule has 6 nitrogen and oxygen atoms in total. The van der Waals surface area contributed by atoms with Crippen molar-refractivity contribution in [1.82, 2.24) is 10.2 Å². The van der Waals surface area contributed by atoms with Gasteiger partial charge in [0.25, 0.3) is 0 Å². The van der Waals surface area contributed by atoms with E-state index in [0.717, 1.165) is 24.2 Å². The average molecular weight is 320 g/mol. The van der Waals surface area contributed by atoms with E-state index in [-0.39, 0.29) is 19.0 Å². The molecule has 1 fully saturated rings. The Kier molecular flexibility index (Phi) is 6.26. The van der Waals surface area contributed by atoms with Crippen molar-refractivity contribution >= 4 is 12.0 Å². The third kappa shape index (κ3) is 5.47. The van der Waals surface area contributed by atoms with E-state index in [0.29, 0.717) is 25.6 Å². The zero-order valence-corrected chi connectivity index (χ0v) is 13.5. The standard InChI is InChI=1S/C17H24N2O4/c1-13-5-2-3-7-15(13)23-12-14-6-4-10-19(11-14)17(22)18-9-8-16(20)21/h2-3,5,7,14H,4,6,8-12H2,1H3,(H,18,22)(H,20,21)/t14-/m1/s1. The molecule has 1 heterocycles. The molecule has 1 aromatic rings. The Hall–Kier alpha value is -2.24. The molecule has 6 heteroatoms. The van der Waals surface area contributed by atoms with Crippen LogP contribution in [-0.4, -0.2) is 48.2 Å². The Balaban J connectivity index is 1.77. The molecule has 0 bridgehead atoms. The SMILES string of the molecule is Cc1ccccc1OC[C@@H]1CCCN(C(=O)NCCC(=O)O)C1. The van der Waals surface area contributed by atoms with E-state index in [2.05, 4.69) is 5.32 Å². The molecule has 126 valence electrons. The van der Waals surface area contributed by atoms with Gasteiger partial charge in [-0.1, -0.05) is 18.2 Å². The monoisotopic (exact) mass is 320 g/mol. The van der Waals surface area contributed by atoms with E-state index in [4.69, 9.17) is 9.84 Å². The number of hydrogen-bond acceptors (Lipinski definition) is 3. The first-order chi connectivity index (χ1) is 11.1. The van der Waals surface area contributed by atoms with Crippen LogP contribution in [0.5, 0.6) is 5.75 Å². The summed E-state index contributed by atoms with van der Waals surface area (Å²) in [7, 11) is 0. The molecule has 1 saturated heterocycles. The first-order valence-electron chi connectivity index (χ1n) is 7.99. The molecule has 1 aliphatic heterocycles. The zero-order chi connectivity index (χ0) is 16.7. The van der Waals surface area contributed by atoms with Gasteiger partial charge in [-0.05, 0) is 31.4 Å². The zero-order valence-electron chi connectivity index (χ0n) is 13.5. The average Bonchev–Trinajstić information content (AvgIpc) is 2.54. The summed E-state index contributed by atoms with van der Waals surface area (Å²) in [5, 5.41) is 11.3. The summed E-state index contributed by atoms with van der Waals surface area (Å²) in [5.74, 6) is 0.276. The number of rotatable bonds is 6. The van der Waals surface area contributed by atoms with Crippen molar-refractivity contribution in [2.45, 2.75) is 26.2 Å². The highest BCUT2D eigenvalue weighted by molar-refractivity contribution is 5.75. The predicted octanol–water partition coefficient (Wildman–Crippen LogP) is 2.27. The number of carbonyl (C=O) groups excluding carboxylic acids is 1. The molecule has 0 radical (unpaired) electrons. The molecule has 0 saturated carbocycles. The normalized spacial score (nSPS) is 17.6. The summed E-state index contributed by atoms with van der Waals surface area (Å²) in [6.45, 7) is 4.11. The third-order valence-electron chi connectivity index (χ3n) is 3.99. The fourth-order valence-corrected chi connectivity index (χ4v) is 2.70. The number of ether oxygens (including phenoxy) is 1. The second-order valence-corrected chi connectivity index (χ2v) is 5.91. The predicted molar refractivity (Wildman–Crippen MR) is 86.6 cm³/mol. The largest absolute Gasteiger partial charge is 0.493 e. The van der Waals surface area contributed by atoms with Gasteiger partial charge in [-0.3, -0.25) is 4.79 Å². The fourth-order valence-electron chi connectivity index (χ4n) is 2.70.